The molecule has 2 heterocycles. The summed E-state index contributed by atoms with van der Waals surface area (Å²) < 4.78 is 29.2. The number of ether oxygens (including phenoxy) is 1. The Bertz CT molecular complexity index is 582. The van der Waals surface area contributed by atoms with E-state index in [9.17, 15) is 8.42 Å². The molecule has 1 aromatic carbocycles. The van der Waals surface area contributed by atoms with Crippen molar-refractivity contribution >= 4 is 15.5 Å². The number of rotatable bonds is 2. The Kier molecular flexibility index (Phi) is 2.55. The lowest BCUT2D eigenvalue weighted by atomic mass is 10.1. The number of hydrogen-bond donors (Lipinski definition) is 1. The Balaban J connectivity index is 1.88. The molecule has 1 aromatic rings. The Morgan fingerprint density at radius 2 is 2.22 bits per heavy atom. The molecule has 98 valence electrons. The molecule has 0 aromatic heterocycles. The fraction of sp³-hybridized carbons (Fsp3) is 0.538. The van der Waals surface area contributed by atoms with Crippen LogP contribution in [0.4, 0.5) is 5.69 Å². The van der Waals surface area contributed by atoms with Gasteiger partial charge in [-0.2, -0.15) is 0 Å². The van der Waals surface area contributed by atoms with E-state index in [2.05, 4.69) is 5.32 Å². The van der Waals surface area contributed by atoms with Gasteiger partial charge in [0.15, 0.2) is 9.84 Å². The summed E-state index contributed by atoms with van der Waals surface area (Å²) in [6.07, 6.45) is 1.51. The number of hydrogen-bond acceptors (Lipinski definition) is 4. The molecule has 2 aliphatic rings. The molecule has 1 fully saturated rings. The smallest absolute Gasteiger partial charge is 0.154 e. The average molecular weight is 267 g/mol. The summed E-state index contributed by atoms with van der Waals surface area (Å²) in [6.45, 7) is 2.81. The first-order chi connectivity index (χ1) is 8.48. The molecule has 18 heavy (non-hydrogen) atoms. The van der Waals surface area contributed by atoms with Crippen molar-refractivity contribution in [2.24, 2.45) is 0 Å². The zero-order chi connectivity index (χ0) is 12.8. The normalized spacial score (nSPS) is 28.7. The minimum absolute atomic E-state index is 0.122. The van der Waals surface area contributed by atoms with Gasteiger partial charge in [0.2, 0.25) is 0 Å². The summed E-state index contributed by atoms with van der Waals surface area (Å²) in [4.78, 5) is 0. The Morgan fingerprint density at radius 1 is 1.39 bits per heavy atom. The second-order valence-electron chi connectivity index (χ2n) is 5.35. The molecule has 5 heteroatoms. The number of anilines is 1. The topological polar surface area (TPSA) is 55.4 Å². The molecule has 1 saturated heterocycles. The molecular weight excluding hydrogens is 250 g/mol. The van der Waals surface area contributed by atoms with E-state index in [-0.39, 0.29) is 11.5 Å². The maximum absolute atomic E-state index is 11.6. The summed E-state index contributed by atoms with van der Waals surface area (Å²) in [5.41, 5.74) is 1.70. The van der Waals surface area contributed by atoms with Crippen LogP contribution in [0, 0.1) is 0 Å². The standard InChI is InChI=1S/C13H17NO3S/c1-13(6-8-18(15,16)9-13)17-12-4-2-3-11-10(12)5-7-14-11/h2-4,14H,5-9H2,1H3. The third-order valence-corrected chi connectivity index (χ3v) is 5.52. The largest absolute Gasteiger partial charge is 0.486 e. The lowest BCUT2D eigenvalue weighted by Crippen LogP contribution is -2.33. The van der Waals surface area contributed by atoms with Crippen molar-refractivity contribution < 1.29 is 13.2 Å². The summed E-state index contributed by atoms with van der Waals surface area (Å²) in [5.74, 6) is 1.19. The summed E-state index contributed by atoms with van der Waals surface area (Å²) in [7, 11) is -2.93. The highest BCUT2D eigenvalue weighted by molar-refractivity contribution is 7.91. The van der Waals surface area contributed by atoms with Crippen LogP contribution in [0.25, 0.3) is 0 Å². The number of sulfone groups is 1. The Morgan fingerprint density at radius 3 is 2.94 bits per heavy atom. The van der Waals surface area contributed by atoms with E-state index in [1.165, 1.54) is 5.56 Å². The monoisotopic (exact) mass is 267 g/mol. The maximum atomic E-state index is 11.6. The second-order valence-corrected chi connectivity index (χ2v) is 7.54. The molecule has 1 unspecified atom stereocenters. The van der Waals surface area contributed by atoms with Gasteiger partial charge in [-0.1, -0.05) is 6.07 Å². The summed E-state index contributed by atoms with van der Waals surface area (Å²) in [6, 6.07) is 5.91. The molecule has 0 bridgehead atoms. The molecule has 0 spiro atoms. The lowest BCUT2D eigenvalue weighted by Gasteiger charge is -2.25. The zero-order valence-corrected chi connectivity index (χ0v) is 11.2. The molecule has 3 rings (SSSR count). The molecule has 0 radical (unpaired) electrons. The van der Waals surface area contributed by atoms with Crippen LogP contribution in [-0.4, -0.2) is 32.1 Å². The molecule has 1 atom stereocenters. The molecule has 0 aliphatic carbocycles. The first-order valence-corrected chi connectivity index (χ1v) is 8.05. The number of fused-ring (bicyclic) bond motifs is 1. The fourth-order valence-corrected chi connectivity index (χ4v) is 4.75. The minimum atomic E-state index is -2.93. The zero-order valence-electron chi connectivity index (χ0n) is 10.4. The van der Waals surface area contributed by atoms with Gasteiger partial charge in [0.1, 0.15) is 11.4 Å². The highest BCUT2D eigenvalue weighted by atomic mass is 32.2. The van der Waals surface area contributed by atoms with Crippen LogP contribution in [0.15, 0.2) is 18.2 Å². The van der Waals surface area contributed by atoms with Gasteiger partial charge in [0, 0.05) is 24.2 Å². The van der Waals surface area contributed by atoms with Crippen molar-refractivity contribution in [3.05, 3.63) is 23.8 Å². The summed E-state index contributed by atoms with van der Waals surface area (Å²) >= 11 is 0. The van der Waals surface area contributed by atoms with Crippen LogP contribution < -0.4 is 10.1 Å². The number of benzene rings is 1. The van der Waals surface area contributed by atoms with Gasteiger partial charge < -0.3 is 10.1 Å². The van der Waals surface area contributed by atoms with E-state index in [0.717, 1.165) is 24.4 Å². The summed E-state index contributed by atoms with van der Waals surface area (Å²) in [5, 5.41) is 3.30. The quantitative estimate of drug-likeness (QED) is 0.884. The fourth-order valence-electron chi connectivity index (χ4n) is 2.73. The van der Waals surface area contributed by atoms with Gasteiger partial charge in [0.25, 0.3) is 0 Å². The van der Waals surface area contributed by atoms with Gasteiger partial charge in [-0.3, -0.25) is 0 Å². The number of nitrogens with one attached hydrogen (secondary N) is 1. The predicted molar refractivity (Wildman–Crippen MR) is 70.9 cm³/mol. The maximum Gasteiger partial charge on any atom is 0.154 e. The third kappa shape index (κ3) is 2.07. The van der Waals surface area contributed by atoms with Crippen molar-refractivity contribution in [2.75, 3.05) is 23.4 Å². The minimum Gasteiger partial charge on any atom is -0.486 e. The first-order valence-electron chi connectivity index (χ1n) is 6.23. The van der Waals surface area contributed by atoms with Crippen LogP contribution in [0.1, 0.15) is 18.9 Å². The van der Waals surface area contributed by atoms with Gasteiger partial charge in [-0.25, -0.2) is 8.42 Å². The van der Waals surface area contributed by atoms with Gasteiger partial charge >= 0.3 is 0 Å². The van der Waals surface area contributed by atoms with Crippen molar-refractivity contribution in [3.8, 4) is 5.75 Å². The van der Waals surface area contributed by atoms with Gasteiger partial charge in [0.05, 0.1) is 11.5 Å². The highest BCUT2D eigenvalue weighted by Crippen LogP contribution is 2.36. The molecule has 0 saturated carbocycles. The van der Waals surface area contributed by atoms with Crippen LogP contribution >= 0.6 is 0 Å². The molecule has 0 amide bonds. The molecular formula is C13H17NO3S. The SMILES string of the molecule is CC1(Oc2cccc3c2CCN3)CCS(=O)(=O)C1. The van der Waals surface area contributed by atoms with Crippen molar-refractivity contribution in [1.82, 2.24) is 0 Å². The molecule has 4 nitrogen and oxygen atoms in total. The van der Waals surface area contributed by atoms with E-state index >= 15 is 0 Å². The van der Waals surface area contributed by atoms with E-state index in [1.807, 2.05) is 25.1 Å². The predicted octanol–water partition coefficient (Wildman–Crippen LogP) is 1.61. The molecule has 1 N–H and O–H groups in total. The lowest BCUT2D eigenvalue weighted by molar-refractivity contribution is 0.116. The van der Waals surface area contributed by atoms with Crippen molar-refractivity contribution in [3.63, 3.8) is 0 Å². The van der Waals surface area contributed by atoms with Gasteiger partial charge in [-0.15, -0.1) is 0 Å². The highest BCUT2D eigenvalue weighted by Gasteiger charge is 2.40. The Hall–Kier alpha value is -1.23. The average Bonchev–Trinajstić information content (AvgIpc) is 2.84. The molecule has 2 aliphatic heterocycles. The van der Waals surface area contributed by atoms with Crippen LogP contribution in [0.5, 0.6) is 5.75 Å². The van der Waals surface area contributed by atoms with Crippen LogP contribution in [0.3, 0.4) is 0 Å². The van der Waals surface area contributed by atoms with Crippen LogP contribution in [0.2, 0.25) is 0 Å². The Labute approximate surface area is 107 Å². The van der Waals surface area contributed by atoms with E-state index in [4.69, 9.17) is 4.74 Å². The second kappa shape index (κ2) is 3.88. The van der Waals surface area contributed by atoms with Crippen LogP contribution in [-0.2, 0) is 16.3 Å². The van der Waals surface area contributed by atoms with Gasteiger partial charge in [-0.05, 0) is 25.5 Å². The third-order valence-electron chi connectivity index (χ3n) is 3.65. The van der Waals surface area contributed by atoms with E-state index in [1.54, 1.807) is 0 Å². The van der Waals surface area contributed by atoms with Crippen molar-refractivity contribution in [1.29, 1.82) is 0 Å². The first kappa shape index (κ1) is 11.8. The van der Waals surface area contributed by atoms with Crippen molar-refractivity contribution in [2.45, 2.75) is 25.4 Å². The van der Waals surface area contributed by atoms with E-state index < -0.39 is 15.4 Å². The van der Waals surface area contributed by atoms with E-state index in [0.29, 0.717) is 6.42 Å².